The van der Waals surface area contributed by atoms with Gasteiger partial charge in [-0.15, -0.1) is 0 Å². The van der Waals surface area contributed by atoms with Crippen LogP contribution in [-0.2, 0) is 7.05 Å². The van der Waals surface area contributed by atoms with Crippen LogP contribution in [0.2, 0.25) is 0 Å². The molecule has 1 aliphatic carbocycles. The molecule has 2 heterocycles. The second kappa shape index (κ2) is 9.01. The summed E-state index contributed by atoms with van der Waals surface area (Å²) in [4.78, 5) is 21.1. The maximum absolute atomic E-state index is 13.9. The average molecular weight is 457 g/mol. The van der Waals surface area contributed by atoms with E-state index in [1.165, 1.54) is 11.6 Å². The van der Waals surface area contributed by atoms with Crippen LogP contribution in [0.1, 0.15) is 65.9 Å². The number of aryl methyl sites for hydroxylation is 1. The number of nitrogens with zero attached hydrogens (tertiary/aromatic N) is 3. The van der Waals surface area contributed by atoms with Crippen LogP contribution in [0.3, 0.4) is 0 Å². The molecule has 2 aromatic heterocycles. The van der Waals surface area contributed by atoms with E-state index in [-0.39, 0.29) is 11.7 Å². The molecular formula is C28H29FN4O. The number of pyridine rings is 1. The summed E-state index contributed by atoms with van der Waals surface area (Å²) >= 11 is 0. The maximum Gasteiger partial charge on any atom is 0.248 e. The van der Waals surface area contributed by atoms with E-state index >= 15 is 0 Å². The van der Waals surface area contributed by atoms with Gasteiger partial charge in [-0.3, -0.25) is 9.78 Å². The Kier molecular flexibility index (Phi) is 5.90. The minimum atomic E-state index is -0.395. The summed E-state index contributed by atoms with van der Waals surface area (Å²) < 4.78 is 15.8. The van der Waals surface area contributed by atoms with Crippen molar-refractivity contribution in [3.05, 3.63) is 83.7 Å². The summed E-state index contributed by atoms with van der Waals surface area (Å²) in [6, 6.07) is 12.7. The molecule has 1 saturated carbocycles. The van der Waals surface area contributed by atoms with Gasteiger partial charge in [0.1, 0.15) is 5.82 Å². The first-order valence-electron chi connectivity index (χ1n) is 11.9. The van der Waals surface area contributed by atoms with Crippen molar-refractivity contribution in [2.45, 2.75) is 44.4 Å². The monoisotopic (exact) mass is 456 g/mol. The number of hydrogen-bond donors (Lipinski definition) is 1. The SMILES string of the molecule is C[C@@H](c1cc(-c2cn(C)cn2)ccc1C(N)=O)C1CCC(c2ccnc3ccc(F)cc23)CC1. The zero-order chi connectivity index (χ0) is 23.8. The van der Waals surface area contributed by atoms with Gasteiger partial charge in [0.25, 0.3) is 0 Å². The number of nitrogens with two attached hydrogens (primary N) is 1. The third-order valence-corrected chi connectivity index (χ3v) is 7.46. The van der Waals surface area contributed by atoms with E-state index in [2.05, 4.69) is 23.0 Å². The minimum Gasteiger partial charge on any atom is -0.366 e. The lowest BCUT2D eigenvalue weighted by atomic mass is 9.71. The van der Waals surface area contributed by atoms with Crippen molar-refractivity contribution < 1.29 is 9.18 Å². The number of carbonyl (C=O) groups is 1. The number of imidazole rings is 1. The quantitative estimate of drug-likeness (QED) is 0.403. The molecular weight excluding hydrogens is 427 g/mol. The lowest BCUT2D eigenvalue weighted by molar-refractivity contribution is 0.0998. The van der Waals surface area contributed by atoms with Gasteiger partial charge in [-0.05, 0) is 91.0 Å². The lowest BCUT2D eigenvalue weighted by Crippen LogP contribution is -2.22. The molecule has 0 aliphatic heterocycles. The second-order valence-electron chi connectivity index (χ2n) is 9.55. The van der Waals surface area contributed by atoms with Gasteiger partial charge < -0.3 is 10.3 Å². The lowest BCUT2D eigenvalue weighted by Gasteiger charge is -2.33. The van der Waals surface area contributed by atoms with E-state index in [9.17, 15) is 9.18 Å². The molecule has 1 aliphatic rings. The molecule has 4 aromatic rings. The molecule has 0 bridgehead atoms. The molecule has 2 aromatic carbocycles. The number of benzene rings is 2. The molecule has 1 atom stereocenters. The van der Waals surface area contributed by atoms with Gasteiger partial charge in [0, 0.05) is 36.0 Å². The molecule has 0 unspecified atom stereocenters. The predicted octanol–water partition coefficient (Wildman–Crippen LogP) is 5.95. The number of carbonyl (C=O) groups excluding carboxylic acids is 1. The smallest absolute Gasteiger partial charge is 0.248 e. The maximum atomic E-state index is 13.9. The van der Waals surface area contributed by atoms with Crippen LogP contribution in [0.25, 0.3) is 22.2 Å². The fourth-order valence-electron chi connectivity index (χ4n) is 5.56. The van der Waals surface area contributed by atoms with Gasteiger partial charge in [-0.2, -0.15) is 0 Å². The summed E-state index contributed by atoms with van der Waals surface area (Å²) in [6.45, 7) is 2.20. The highest BCUT2D eigenvalue weighted by Crippen LogP contribution is 2.44. The van der Waals surface area contributed by atoms with Crippen LogP contribution in [-0.4, -0.2) is 20.4 Å². The van der Waals surface area contributed by atoms with Gasteiger partial charge in [-0.1, -0.05) is 13.0 Å². The van der Waals surface area contributed by atoms with Crippen molar-refractivity contribution in [1.82, 2.24) is 14.5 Å². The molecule has 0 saturated heterocycles. The topological polar surface area (TPSA) is 73.8 Å². The number of primary amides is 1. The van der Waals surface area contributed by atoms with E-state index in [1.807, 2.05) is 42.2 Å². The molecule has 1 fully saturated rings. The average Bonchev–Trinajstić information content (AvgIpc) is 3.29. The van der Waals surface area contributed by atoms with E-state index < -0.39 is 5.91 Å². The first-order chi connectivity index (χ1) is 16.4. The fraction of sp³-hybridized carbons (Fsp3) is 0.321. The number of fused-ring (bicyclic) bond motifs is 1. The number of aromatic nitrogens is 3. The van der Waals surface area contributed by atoms with Gasteiger partial charge >= 0.3 is 0 Å². The van der Waals surface area contributed by atoms with Crippen molar-refractivity contribution in [2.24, 2.45) is 18.7 Å². The number of hydrogen-bond acceptors (Lipinski definition) is 3. The van der Waals surface area contributed by atoms with Gasteiger partial charge in [0.05, 0.1) is 17.5 Å². The highest BCUT2D eigenvalue weighted by atomic mass is 19.1. The Morgan fingerprint density at radius 1 is 1.09 bits per heavy atom. The molecule has 5 nitrogen and oxygen atoms in total. The van der Waals surface area contributed by atoms with E-state index in [4.69, 9.17) is 5.73 Å². The van der Waals surface area contributed by atoms with E-state index in [0.29, 0.717) is 17.4 Å². The summed E-state index contributed by atoms with van der Waals surface area (Å²) in [5.74, 6) is 0.396. The van der Waals surface area contributed by atoms with Gasteiger partial charge in [0.15, 0.2) is 0 Å². The summed E-state index contributed by atoms with van der Waals surface area (Å²) in [6.07, 6.45) is 9.70. The van der Waals surface area contributed by atoms with Crippen LogP contribution in [0.15, 0.2) is 61.2 Å². The van der Waals surface area contributed by atoms with E-state index in [1.54, 1.807) is 18.5 Å². The molecule has 5 rings (SSSR count). The molecule has 1 amide bonds. The van der Waals surface area contributed by atoms with Crippen molar-refractivity contribution in [3.8, 4) is 11.3 Å². The normalized spacial score (nSPS) is 19.3. The highest BCUT2D eigenvalue weighted by molar-refractivity contribution is 5.95. The Bertz CT molecular complexity index is 1350. The zero-order valence-corrected chi connectivity index (χ0v) is 19.5. The summed E-state index contributed by atoms with van der Waals surface area (Å²) in [5, 5.41) is 0.915. The fourth-order valence-corrected chi connectivity index (χ4v) is 5.56. The molecule has 0 spiro atoms. The van der Waals surface area contributed by atoms with Crippen LogP contribution in [0.5, 0.6) is 0 Å². The Morgan fingerprint density at radius 2 is 1.88 bits per heavy atom. The number of halogens is 1. The van der Waals surface area contributed by atoms with Crippen LogP contribution in [0.4, 0.5) is 4.39 Å². The Balaban J connectivity index is 1.38. The summed E-state index contributed by atoms with van der Waals surface area (Å²) in [7, 11) is 1.94. The van der Waals surface area contributed by atoms with Crippen LogP contribution < -0.4 is 5.73 Å². The van der Waals surface area contributed by atoms with Crippen LogP contribution >= 0.6 is 0 Å². The Morgan fingerprint density at radius 3 is 2.59 bits per heavy atom. The van der Waals surface area contributed by atoms with Gasteiger partial charge in [-0.25, -0.2) is 9.37 Å². The van der Waals surface area contributed by atoms with Gasteiger partial charge in [0.2, 0.25) is 5.91 Å². The van der Waals surface area contributed by atoms with Crippen LogP contribution in [0, 0.1) is 11.7 Å². The zero-order valence-electron chi connectivity index (χ0n) is 19.5. The third kappa shape index (κ3) is 4.20. The number of rotatable bonds is 5. The molecule has 174 valence electrons. The van der Waals surface area contributed by atoms with Crippen molar-refractivity contribution >= 4 is 16.8 Å². The highest BCUT2D eigenvalue weighted by Gasteiger charge is 2.29. The molecule has 2 N–H and O–H groups in total. The first kappa shape index (κ1) is 22.3. The van der Waals surface area contributed by atoms with Crippen molar-refractivity contribution in [1.29, 1.82) is 0 Å². The minimum absolute atomic E-state index is 0.193. The number of amides is 1. The molecule has 34 heavy (non-hydrogen) atoms. The Hall–Kier alpha value is -3.54. The summed E-state index contributed by atoms with van der Waals surface area (Å²) in [5.41, 5.74) is 11.2. The first-order valence-corrected chi connectivity index (χ1v) is 11.9. The van der Waals surface area contributed by atoms with E-state index in [0.717, 1.165) is 53.4 Å². The standard InChI is InChI=1S/C28H29FN4O/c1-17(24-13-20(7-9-23(24)28(30)34)27-15-33(2)16-32-27)18-3-5-19(6-4-18)22-11-12-31-26-10-8-21(29)14-25(22)26/h7-19H,3-6H2,1-2H3,(H2,30,34)/t17-,18?,19?/m1/s1. The molecule has 6 heteroatoms. The Labute approximate surface area is 198 Å². The molecule has 0 radical (unpaired) electrons. The van der Waals surface area contributed by atoms with Crippen molar-refractivity contribution in [2.75, 3.05) is 0 Å². The van der Waals surface area contributed by atoms with Crippen molar-refractivity contribution in [3.63, 3.8) is 0 Å². The second-order valence-corrected chi connectivity index (χ2v) is 9.55. The largest absolute Gasteiger partial charge is 0.366 e. The third-order valence-electron chi connectivity index (χ3n) is 7.46. The predicted molar refractivity (Wildman–Crippen MR) is 132 cm³/mol.